The highest BCUT2D eigenvalue weighted by Gasteiger charge is 2.49. The van der Waals surface area contributed by atoms with Gasteiger partial charge in [-0.1, -0.05) is 0 Å². The topological polar surface area (TPSA) is 228 Å². The van der Waals surface area contributed by atoms with Gasteiger partial charge in [0.25, 0.3) is 0 Å². The summed E-state index contributed by atoms with van der Waals surface area (Å²) in [4.78, 5) is 26.1. The van der Waals surface area contributed by atoms with E-state index in [4.69, 9.17) is 13.9 Å². The second kappa shape index (κ2) is 9.63. The molecule has 1 fully saturated rings. The molecule has 1 saturated heterocycles. The number of aliphatic hydroxyl groups excluding tert-OH is 3. The minimum Gasteiger partial charge on any atom is -0.508 e. The van der Waals surface area contributed by atoms with Crippen LogP contribution in [0, 0.1) is 0 Å². The summed E-state index contributed by atoms with van der Waals surface area (Å²) in [6, 6.07) is 7.71. The van der Waals surface area contributed by atoms with Crippen molar-refractivity contribution >= 4 is 27.9 Å². The molecule has 0 radical (unpaired) electrons. The lowest BCUT2D eigenvalue weighted by Crippen LogP contribution is -2.56. The molecule has 0 spiro atoms. The number of hydrogen-bond donors (Lipinski definition) is 8. The molecule has 4 aromatic rings. The predicted molar refractivity (Wildman–Crippen MR) is 131 cm³/mol. The number of aliphatic hydroxyl groups is 3. The number of rotatable bonds is 4. The summed E-state index contributed by atoms with van der Waals surface area (Å²) in [6.07, 6.45) is -8.57. The molecule has 13 heteroatoms. The highest BCUT2D eigenvalue weighted by Crippen LogP contribution is 2.46. The molecule has 8 N–H and O–H groups in total. The third-order valence-electron chi connectivity index (χ3n) is 6.55. The number of ether oxygens (including phenoxy) is 2. The molecular formula is C26H22O13. The molecular weight excluding hydrogens is 520 g/mol. The van der Waals surface area contributed by atoms with E-state index in [0.717, 1.165) is 18.2 Å². The summed E-state index contributed by atoms with van der Waals surface area (Å²) in [5.74, 6) is -3.97. The van der Waals surface area contributed by atoms with Crippen LogP contribution in [-0.4, -0.2) is 77.8 Å². The first-order chi connectivity index (χ1) is 18.5. The summed E-state index contributed by atoms with van der Waals surface area (Å²) in [6.45, 7) is -0.808. The molecule has 0 bridgehead atoms. The minimum atomic E-state index is -1.88. The van der Waals surface area contributed by atoms with E-state index in [-0.39, 0.29) is 27.9 Å². The van der Waals surface area contributed by atoms with Gasteiger partial charge in [-0.25, -0.2) is 4.79 Å². The van der Waals surface area contributed by atoms with Gasteiger partial charge in [0.15, 0.2) is 17.6 Å². The number of esters is 1. The van der Waals surface area contributed by atoms with E-state index >= 15 is 0 Å². The number of carbonyl (C=O) groups is 1. The van der Waals surface area contributed by atoms with Crippen molar-refractivity contribution in [3.05, 3.63) is 63.8 Å². The number of phenolic OH excluding ortho intramolecular Hbond substituents is 5. The SMILES string of the molecule is O=C(O[C@H]1C(c2c(O)cc3oc4cc(O)c(O)cc4c(=O)c3c2O)O[C@H](CO)[C@@H](O)[C@@H]1O)c1ccc(O)cc1. The number of phenols is 5. The molecule has 0 aliphatic carbocycles. The largest absolute Gasteiger partial charge is 0.508 e. The van der Waals surface area contributed by atoms with Crippen LogP contribution in [0.15, 0.2) is 51.7 Å². The Bertz CT molecular complexity index is 1640. The summed E-state index contributed by atoms with van der Waals surface area (Å²) in [7, 11) is 0. The van der Waals surface area contributed by atoms with E-state index in [1.165, 1.54) is 24.3 Å². The average molecular weight is 542 g/mol. The van der Waals surface area contributed by atoms with Gasteiger partial charge >= 0.3 is 5.97 Å². The summed E-state index contributed by atoms with van der Waals surface area (Å²) in [5.41, 5.74) is -1.93. The molecule has 3 aromatic carbocycles. The van der Waals surface area contributed by atoms with Crippen molar-refractivity contribution in [2.45, 2.75) is 30.5 Å². The third kappa shape index (κ3) is 4.32. The maximum atomic E-state index is 13.3. The van der Waals surface area contributed by atoms with Crippen molar-refractivity contribution in [1.29, 1.82) is 0 Å². The monoisotopic (exact) mass is 542 g/mol. The van der Waals surface area contributed by atoms with E-state index in [9.17, 15) is 50.4 Å². The molecule has 1 aliphatic rings. The van der Waals surface area contributed by atoms with E-state index in [2.05, 4.69) is 0 Å². The smallest absolute Gasteiger partial charge is 0.338 e. The fourth-order valence-corrected chi connectivity index (χ4v) is 4.54. The Morgan fingerprint density at radius 2 is 1.51 bits per heavy atom. The zero-order chi connectivity index (χ0) is 28.2. The maximum Gasteiger partial charge on any atom is 0.338 e. The zero-order valence-corrected chi connectivity index (χ0v) is 19.8. The van der Waals surface area contributed by atoms with E-state index in [1.807, 2.05) is 0 Å². The van der Waals surface area contributed by atoms with Crippen LogP contribution in [0.25, 0.3) is 21.9 Å². The quantitative estimate of drug-likeness (QED) is 0.102. The van der Waals surface area contributed by atoms with Gasteiger partial charge in [0.2, 0.25) is 5.43 Å². The standard InChI is InChI=1S/C26H22O13/c27-8-17-21(33)23(35)25(39-26(36)9-1-3-10(28)4-2-9)24(38-17)18-14(31)7-16-19(22(18)34)20(32)11-5-12(29)13(30)6-15(11)37-16/h1-7,17,21,23-25,27-31,33-35H,8H2/t17-,21-,23+,24?,25-/m1/s1. The Hall–Kier alpha value is -4.56. The summed E-state index contributed by atoms with van der Waals surface area (Å²) < 4.78 is 16.6. The number of aromatic hydroxyl groups is 5. The Morgan fingerprint density at radius 1 is 0.872 bits per heavy atom. The molecule has 204 valence electrons. The number of carbonyl (C=O) groups excluding carboxylic acids is 1. The van der Waals surface area contributed by atoms with Crippen LogP contribution >= 0.6 is 0 Å². The van der Waals surface area contributed by atoms with Gasteiger partial charge in [0.05, 0.1) is 23.1 Å². The van der Waals surface area contributed by atoms with Crippen molar-refractivity contribution < 1.29 is 59.5 Å². The highest BCUT2D eigenvalue weighted by molar-refractivity contribution is 5.96. The van der Waals surface area contributed by atoms with Gasteiger partial charge in [-0.05, 0) is 30.3 Å². The second-order valence-corrected chi connectivity index (χ2v) is 8.98. The Kier molecular flexibility index (Phi) is 6.44. The Balaban J connectivity index is 1.67. The van der Waals surface area contributed by atoms with Crippen LogP contribution in [0.5, 0.6) is 28.7 Å². The molecule has 5 rings (SSSR count). The van der Waals surface area contributed by atoms with Crippen molar-refractivity contribution in [3.8, 4) is 28.7 Å². The lowest BCUT2D eigenvalue weighted by atomic mass is 9.89. The van der Waals surface area contributed by atoms with Crippen molar-refractivity contribution in [1.82, 2.24) is 0 Å². The summed E-state index contributed by atoms with van der Waals surface area (Å²) >= 11 is 0. The second-order valence-electron chi connectivity index (χ2n) is 8.98. The molecule has 0 amide bonds. The number of fused-ring (bicyclic) bond motifs is 2. The minimum absolute atomic E-state index is 0.0559. The normalized spacial score (nSPS) is 23.2. The lowest BCUT2D eigenvalue weighted by molar-refractivity contribution is -0.232. The molecule has 1 aliphatic heterocycles. The van der Waals surface area contributed by atoms with Gasteiger partial charge in [0.1, 0.15) is 58.2 Å². The van der Waals surface area contributed by atoms with Gasteiger partial charge in [-0.2, -0.15) is 0 Å². The van der Waals surface area contributed by atoms with Gasteiger partial charge < -0.3 is 54.7 Å². The molecule has 0 saturated carbocycles. The molecule has 1 aromatic heterocycles. The van der Waals surface area contributed by atoms with E-state index in [0.29, 0.717) is 0 Å². The molecule has 1 unspecified atom stereocenters. The molecule has 5 atom stereocenters. The number of hydrogen-bond acceptors (Lipinski definition) is 13. The average Bonchev–Trinajstić information content (AvgIpc) is 2.89. The van der Waals surface area contributed by atoms with E-state index < -0.39 is 82.5 Å². The van der Waals surface area contributed by atoms with Crippen molar-refractivity contribution in [2.75, 3.05) is 6.61 Å². The first-order valence-corrected chi connectivity index (χ1v) is 11.5. The lowest BCUT2D eigenvalue weighted by Gasteiger charge is -2.42. The summed E-state index contributed by atoms with van der Waals surface area (Å²) in [5, 5.41) is 81.3. The zero-order valence-electron chi connectivity index (χ0n) is 19.8. The Labute approximate surface area is 217 Å². The Morgan fingerprint density at radius 3 is 2.18 bits per heavy atom. The van der Waals surface area contributed by atoms with Crippen molar-refractivity contribution in [3.63, 3.8) is 0 Å². The van der Waals surface area contributed by atoms with E-state index in [1.54, 1.807) is 0 Å². The van der Waals surface area contributed by atoms with Crippen LogP contribution in [-0.2, 0) is 9.47 Å². The number of benzene rings is 3. The van der Waals surface area contributed by atoms with Crippen LogP contribution < -0.4 is 5.43 Å². The fraction of sp³-hybridized carbons (Fsp3) is 0.231. The van der Waals surface area contributed by atoms with Gasteiger partial charge in [-0.15, -0.1) is 0 Å². The first-order valence-electron chi connectivity index (χ1n) is 11.5. The van der Waals surface area contributed by atoms with Crippen LogP contribution in [0.1, 0.15) is 22.0 Å². The van der Waals surface area contributed by atoms with Gasteiger partial charge in [0, 0.05) is 12.1 Å². The molecule has 13 nitrogen and oxygen atoms in total. The molecule has 39 heavy (non-hydrogen) atoms. The predicted octanol–water partition coefficient (Wildman–Crippen LogP) is 0.854. The highest BCUT2D eigenvalue weighted by atomic mass is 16.6. The van der Waals surface area contributed by atoms with Crippen LogP contribution in [0.2, 0.25) is 0 Å². The molecule has 2 heterocycles. The fourth-order valence-electron chi connectivity index (χ4n) is 4.54. The first kappa shape index (κ1) is 26.1. The van der Waals surface area contributed by atoms with Gasteiger partial charge in [-0.3, -0.25) is 4.79 Å². The third-order valence-corrected chi connectivity index (χ3v) is 6.55. The maximum absolute atomic E-state index is 13.3. The van der Waals surface area contributed by atoms with Crippen LogP contribution in [0.3, 0.4) is 0 Å². The van der Waals surface area contributed by atoms with Crippen molar-refractivity contribution in [2.24, 2.45) is 0 Å². The van der Waals surface area contributed by atoms with Crippen LogP contribution in [0.4, 0.5) is 0 Å².